The molecule has 0 bridgehead atoms. The van der Waals surface area contributed by atoms with Crippen molar-refractivity contribution in [1.82, 2.24) is 4.90 Å². The van der Waals surface area contributed by atoms with E-state index >= 15 is 0 Å². The molecule has 0 atom stereocenters. The molecular formula is C25H28N4O5. The van der Waals surface area contributed by atoms with E-state index in [1.54, 1.807) is 68.5 Å². The van der Waals surface area contributed by atoms with Crippen LogP contribution in [0.1, 0.15) is 29.8 Å². The van der Waals surface area contributed by atoms with Crippen molar-refractivity contribution in [2.45, 2.75) is 13.8 Å². The predicted molar refractivity (Wildman–Crippen MR) is 130 cm³/mol. The summed E-state index contributed by atoms with van der Waals surface area (Å²) in [6.45, 7) is 7.25. The Morgan fingerprint density at radius 1 is 1.12 bits per heavy atom. The van der Waals surface area contributed by atoms with E-state index in [0.717, 1.165) is 0 Å². The van der Waals surface area contributed by atoms with Crippen LogP contribution in [0.4, 0.5) is 5.69 Å². The summed E-state index contributed by atoms with van der Waals surface area (Å²) in [5.41, 5.74) is 7.33. The molecule has 2 aromatic rings. The topological polar surface area (TPSA) is 135 Å². The monoisotopic (exact) mass is 464 g/mol. The average molecular weight is 465 g/mol. The van der Waals surface area contributed by atoms with Gasteiger partial charge in [0.1, 0.15) is 12.3 Å². The van der Waals surface area contributed by atoms with Crippen molar-refractivity contribution in [3.63, 3.8) is 0 Å². The van der Waals surface area contributed by atoms with Crippen LogP contribution in [0.3, 0.4) is 0 Å². The summed E-state index contributed by atoms with van der Waals surface area (Å²) in [5.74, 6) is -1.20. The molecule has 4 N–H and O–H groups in total. The van der Waals surface area contributed by atoms with Crippen molar-refractivity contribution < 1.29 is 23.9 Å². The standard InChI is InChI=1S/C25H28N4O5/c1-4-14-29(16-22(30)33-5-2)23(31)17(3)15-18-6-8-19(9-7-18)24(32)34-21-12-10-20(11-13-21)28-25(26)27/h4,6-13,15H,1,5,14,16H2,2-3H3,(H4,26,27,28)/b17-15+. The van der Waals surface area contributed by atoms with Crippen LogP contribution in [-0.2, 0) is 14.3 Å². The Bertz CT molecular complexity index is 1080. The SMILES string of the molecule is C=CCN(CC(=O)OCC)C(=O)/C(C)=C/c1ccc(C(=O)Oc2ccc(NC(=N)N)cc2)cc1. The number of ether oxygens (including phenoxy) is 2. The summed E-state index contributed by atoms with van der Waals surface area (Å²) in [5, 5.41) is 9.85. The van der Waals surface area contributed by atoms with Gasteiger partial charge in [0.2, 0.25) is 5.91 Å². The second-order valence-electron chi connectivity index (χ2n) is 7.18. The van der Waals surface area contributed by atoms with Gasteiger partial charge in [-0.2, -0.15) is 0 Å². The Morgan fingerprint density at radius 2 is 1.76 bits per heavy atom. The molecule has 0 spiro atoms. The Labute approximate surface area is 198 Å². The number of guanidine groups is 1. The lowest BCUT2D eigenvalue weighted by molar-refractivity contribution is -0.147. The Hall–Kier alpha value is -4.40. The number of hydrogen-bond acceptors (Lipinski definition) is 6. The van der Waals surface area contributed by atoms with Crippen LogP contribution in [0.5, 0.6) is 5.75 Å². The van der Waals surface area contributed by atoms with Gasteiger partial charge < -0.3 is 25.4 Å². The number of benzene rings is 2. The lowest BCUT2D eigenvalue weighted by atomic mass is 10.1. The minimum atomic E-state index is -0.540. The van der Waals surface area contributed by atoms with Gasteiger partial charge in [0.05, 0.1) is 12.2 Å². The van der Waals surface area contributed by atoms with Gasteiger partial charge in [-0.1, -0.05) is 18.2 Å². The van der Waals surface area contributed by atoms with E-state index in [1.807, 2.05) is 0 Å². The van der Waals surface area contributed by atoms with Gasteiger partial charge >= 0.3 is 11.9 Å². The Kier molecular flexibility index (Phi) is 9.57. The molecule has 9 heteroatoms. The number of hydrogen-bond donors (Lipinski definition) is 3. The zero-order valence-corrected chi connectivity index (χ0v) is 19.2. The van der Waals surface area contributed by atoms with E-state index < -0.39 is 11.9 Å². The summed E-state index contributed by atoms with van der Waals surface area (Å²) in [4.78, 5) is 38.3. The predicted octanol–water partition coefficient (Wildman–Crippen LogP) is 3.19. The van der Waals surface area contributed by atoms with E-state index in [9.17, 15) is 14.4 Å². The molecular weight excluding hydrogens is 436 g/mol. The normalized spacial score (nSPS) is 10.7. The maximum atomic E-state index is 12.7. The van der Waals surface area contributed by atoms with Crippen LogP contribution >= 0.6 is 0 Å². The fourth-order valence-electron chi connectivity index (χ4n) is 2.94. The highest BCUT2D eigenvalue weighted by Gasteiger charge is 2.18. The number of rotatable bonds is 10. The second kappa shape index (κ2) is 12.6. The molecule has 178 valence electrons. The molecule has 0 aromatic heterocycles. The van der Waals surface area contributed by atoms with Gasteiger partial charge in [-0.25, -0.2) is 4.79 Å². The van der Waals surface area contributed by atoms with Crippen molar-refractivity contribution in [2.24, 2.45) is 5.73 Å². The molecule has 0 saturated heterocycles. The number of carbonyl (C=O) groups is 3. The number of nitrogens with two attached hydrogens (primary N) is 1. The molecule has 9 nitrogen and oxygen atoms in total. The van der Waals surface area contributed by atoms with E-state index in [1.165, 1.54) is 11.0 Å². The summed E-state index contributed by atoms with van der Waals surface area (Å²) in [6, 6.07) is 13.0. The van der Waals surface area contributed by atoms with Gasteiger partial charge in [0.15, 0.2) is 5.96 Å². The fourth-order valence-corrected chi connectivity index (χ4v) is 2.94. The van der Waals surface area contributed by atoms with Crippen LogP contribution < -0.4 is 15.8 Å². The van der Waals surface area contributed by atoms with Gasteiger partial charge in [-0.05, 0) is 61.9 Å². The zero-order valence-electron chi connectivity index (χ0n) is 19.2. The molecule has 0 heterocycles. The maximum absolute atomic E-state index is 12.7. The third-order valence-corrected chi connectivity index (χ3v) is 4.47. The molecule has 2 aromatic carbocycles. The highest BCUT2D eigenvalue weighted by molar-refractivity contribution is 5.99. The number of nitrogens with zero attached hydrogens (tertiary/aromatic N) is 1. The average Bonchev–Trinajstić information content (AvgIpc) is 2.80. The molecule has 0 fully saturated rings. The second-order valence-corrected chi connectivity index (χ2v) is 7.18. The molecule has 0 aliphatic rings. The van der Waals surface area contributed by atoms with E-state index in [2.05, 4.69) is 11.9 Å². The highest BCUT2D eigenvalue weighted by atomic mass is 16.5. The first-order valence-electron chi connectivity index (χ1n) is 10.5. The largest absolute Gasteiger partial charge is 0.465 e. The number of esters is 2. The van der Waals surface area contributed by atoms with E-state index in [4.69, 9.17) is 20.6 Å². The molecule has 0 saturated carbocycles. The van der Waals surface area contributed by atoms with Gasteiger partial charge in [-0.3, -0.25) is 15.0 Å². The number of anilines is 1. The number of carbonyl (C=O) groups excluding carboxylic acids is 3. The quantitative estimate of drug-likeness (QED) is 0.123. The minimum Gasteiger partial charge on any atom is -0.465 e. The molecule has 1 amide bonds. The third kappa shape index (κ3) is 7.94. The van der Waals surface area contributed by atoms with Crippen molar-refractivity contribution >= 4 is 35.6 Å². The summed E-state index contributed by atoms with van der Waals surface area (Å²) >= 11 is 0. The van der Waals surface area contributed by atoms with Crippen molar-refractivity contribution in [2.75, 3.05) is 25.0 Å². The number of nitrogens with one attached hydrogen (secondary N) is 2. The number of amides is 1. The minimum absolute atomic E-state index is 0.166. The van der Waals surface area contributed by atoms with Crippen molar-refractivity contribution in [3.05, 3.63) is 77.9 Å². The van der Waals surface area contributed by atoms with Crippen LogP contribution in [0, 0.1) is 5.41 Å². The van der Waals surface area contributed by atoms with Gasteiger partial charge in [0, 0.05) is 17.8 Å². The lowest BCUT2D eigenvalue weighted by Crippen LogP contribution is -2.37. The molecule has 2 rings (SSSR count). The molecule has 0 unspecified atom stereocenters. The van der Waals surface area contributed by atoms with Crippen molar-refractivity contribution in [3.8, 4) is 5.75 Å². The molecule has 0 radical (unpaired) electrons. The maximum Gasteiger partial charge on any atom is 0.343 e. The smallest absolute Gasteiger partial charge is 0.343 e. The summed E-state index contributed by atoms with van der Waals surface area (Å²) in [6.07, 6.45) is 3.21. The van der Waals surface area contributed by atoms with Crippen LogP contribution in [0.25, 0.3) is 6.08 Å². The summed E-state index contributed by atoms with van der Waals surface area (Å²) in [7, 11) is 0. The fraction of sp³-hybridized carbons (Fsp3) is 0.200. The lowest BCUT2D eigenvalue weighted by Gasteiger charge is -2.20. The first kappa shape index (κ1) is 25.9. The van der Waals surface area contributed by atoms with Crippen LogP contribution in [-0.4, -0.2) is 48.4 Å². The highest BCUT2D eigenvalue weighted by Crippen LogP contribution is 2.18. The van der Waals surface area contributed by atoms with E-state index in [-0.39, 0.29) is 31.6 Å². The molecule has 0 aliphatic heterocycles. The first-order valence-corrected chi connectivity index (χ1v) is 10.5. The van der Waals surface area contributed by atoms with Crippen molar-refractivity contribution in [1.29, 1.82) is 5.41 Å². The third-order valence-electron chi connectivity index (χ3n) is 4.47. The zero-order chi connectivity index (χ0) is 25.1. The molecule has 34 heavy (non-hydrogen) atoms. The Morgan fingerprint density at radius 3 is 2.32 bits per heavy atom. The van der Waals surface area contributed by atoms with Gasteiger partial charge in [-0.15, -0.1) is 6.58 Å². The van der Waals surface area contributed by atoms with Gasteiger partial charge in [0.25, 0.3) is 0 Å². The first-order chi connectivity index (χ1) is 16.2. The van der Waals surface area contributed by atoms with E-state index in [0.29, 0.717) is 28.1 Å². The molecule has 0 aliphatic carbocycles. The summed E-state index contributed by atoms with van der Waals surface area (Å²) < 4.78 is 10.3. The Balaban J connectivity index is 2.04. The van der Waals surface area contributed by atoms with Crippen LogP contribution in [0.2, 0.25) is 0 Å². The van der Waals surface area contributed by atoms with Crippen LogP contribution in [0.15, 0.2) is 66.8 Å².